The summed E-state index contributed by atoms with van der Waals surface area (Å²) in [5, 5.41) is 8.87. The molecule has 0 radical (unpaired) electrons. The van der Waals surface area contributed by atoms with Gasteiger partial charge in [0.1, 0.15) is 17.8 Å². The van der Waals surface area contributed by atoms with Gasteiger partial charge in [-0.05, 0) is 31.0 Å². The number of benzene rings is 1. The lowest BCUT2D eigenvalue weighted by molar-refractivity contribution is -0.114. The first kappa shape index (κ1) is 17.8. The molecule has 1 heterocycles. The standard InChI is InChI=1S/C19H23N5O2/c1-13(25)22-15-8-5-9-16(10-15)24-19(26)17-11-18(21-12-20-17)23-14-6-3-2-4-7-14/h5,8-12,14H,2-4,6-7H2,1H3,(H,22,25)(H,24,26)(H,20,21,23). The van der Waals surface area contributed by atoms with Crippen molar-refractivity contribution in [2.75, 3.05) is 16.0 Å². The van der Waals surface area contributed by atoms with E-state index in [0.29, 0.717) is 28.9 Å². The van der Waals surface area contributed by atoms with Gasteiger partial charge in [-0.25, -0.2) is 9.97 Å². The Kier molecular flexibility index (Phi) is 5.78. The van der Waals surface area contributed by atoms with Crippen molar-refractivity contribution in [3.05, 3.63) is 42.4 Å². The maximum absolute atomic E-state index is 12.5. The van der Waals surface area contributed by atoms with Gasteiger partial charge in [-0.15, -0.1) is 0 Å². The maximum Gasteiger partial charge on any atom is 0.274 e. The molecule has 3 rings (SSSR count). The van der Waals surface area contributed by atoms with Crippen molar-refractivity contribution in [3.8, 4) is 0 Å². The zero-order valence-electron chi connectivity index (χ0n) is 14.8. The highest BCUT2D eigenvalue weighted by atomic mass is 16.2. The molecule has 0 spiro atoms. The van der Waals surface area contributed by atoms with Crippen LogP contribution in [0.15, 0.2) is 36.7 Å². The molecular formula is C19H23N5O2. The topological polar surface area (TPSA) is 96.0 Å². The molecule has 1 fully saturated rings. The van der Waals surface area contributed by atoms with E-state index in [9.17, 15) is 9.59 Å². The molecule has 26 heavy (non-hydrogen) atoms. The predicted molar refractivity (Wildman–Crippen MR) is 101 cm³/mol. The Balaban J connectivity index is 1.66. The van der Waals surface area contributed by atoms with Gasteiger partial charge < -0.3 is 16.0 Å². The Hall–Kier alpha value is -2.96. The zero-order valence-corrected chi connectivity index (χ0v) is 14.8. The third-order valence-electron chi connectivity index (χ3n) is 4.30. The Bertz CT molecular complexity index is 787. The number of rotatable bonds is 5. The van der Waals surface area contributed by atoms with Crippen molar-refractivity contribution in [3.63, 3.8) is 0 Å². The fraction of sp³-hybridized carbons (Fsp3) is 0.368. The summed E-state index contributed by atoms with van der Waals surface area (Å²) >= 11 is 0. The van der Waals surface area contributed by atoms with Gasteiger partial charge in [0, 0.05) is 30.4 Å². The van der Waals surface area contributed by atoms with E-state index in [0.717, 1.165) is 12.8 Å². The molecule has 1 aromatic heterocycles. The Labute approximate surface area is 152 Å². The molecule has 0 saturated heterocycles. The number of hydrogen-bond acceptors (Lipinski definition) is 5. The summed E-state index contributed by atoms with van der Waals surface area (Å²) in [5.41, 5.74) is 1.50. The third-order valence-corrected chi connectivity index (χ3v) is 4.30. The van der Waals surface area contributed by atoms with Crippen molar-refractivity contribution in [1.82, 2.24) is 9.97 Å². The van der Waals surface area contributed by atoms with Crippen LogP contribution < -0.4 is 16.0 Å². The molecule has 0 unspecified atom stereocenters. The molecule has 7 nitrogen and oxygen atoms in total. The van der Waals surface area contributed by atoms with Gasteiger partial charge in [0.05, 0.1) is 0 Å². The summed E-state index contributed by atoms with van der Waals surface area (Å²) in [6.07, 6.45) is 7.38. The summed E-state index contributed by atoms with van der Waals surface area (Å²) in [6.45, 7) is 1.44. The van der Waals surface area contributed by atoms with Crippen LogP contribution in [-0.4, -0.2) is 27.8 Å². The molecule has 0 bridgehead atoms. The number of nitrogens with one attached hydrogen (secondary N) is 3. The van der Waals surface area contributed by atoms with Gasteiger partial charge in [-0.2, -0.15) is 0 Å². The van der Waals surface area contributed by atoms with Crippen LogP contribution in [0, 0.1) is 0 Å². The molecule has 2 aromatic rings. The summed E-state index contributed by atoms with van der Waals surface area (Å²) in [5.74, 6) is 0.186. The lowest BCUT2D eigenvalue weighted by Crippen LogP contribution is -2.23. The van der Waals surface area contributed by atoms with Gasteiger partial charge in [0.15, 0.2) is 0 Å². The van der Waals surface area contributed by atoms with Crippen LogP contribution in [0.4, 0.5) is 17.2 Å². The molecular weight excluding hydrogens is 330 g/mol. The summed E-state index contributed by atoms with van der Waals surface area (Å²) < 4.78 is 0. The number of amides is 2. The van der Waals surface area contributed by atoms with E-state index in [1.165, 1.54) is 32.5 Å². The minimum absolute atomic E-state index is 0.164. The van der Waals surface area contributed by atoms with Crippen LogP contribution in [-0.2, 0) is 4.79 Å². The van der Waals surface area contributed by atoms with E-state index in [2.05, 4.69) is 25.9 Å². The van der Waals surface area contributed by atoms with E-state index in [-0.39, 0.29) is 11.8 Å². The molecule has 3 N–H and O–H groups in total. The molecule has 1 aliphatic carbocycles. The number of hydrogen-bond donors (Lipinski definition) is 3. The second-order valence-electron chi connectivity index (χ2n) is 6.48. The van der Waals surface area contributed by atoms with Crippen molar-refractivity contribution in [2.45, 2.75) is 45.1 Å². The van der Waals surface area contributed by atoms with E-state index >= 15 is 0 Å². The van der Waals surface area contributed by atoms with Crippen molar-refractivity contribution in [1.29, 1.82) is 0 Å². The molecule has 1 aliphatic rings. The van der Waals surface area contributed by atoms with E-state index in [1.807, 2.05) is 0 Å². The van der Waals surface area contributed by atoms with Crippen LogP contribution >= 0.6 is 0 Å². The Morgan fingerprint density at radius 3 is 2.46 bits per heavy atom. The maximum atomic E-state index is 12.5. The fourth-order valence-corrected chi connectivity index (χ4v) is 3.09. The number of nitrogens with zero attached hydrogens (tertiary/aromatic N) is 2. The quantitative estimate of drug-likeness (QED) is 0.765. The van der Waals surface area contributed by atoms with Gasteiger partial charge in [-0.3, -0.25) is 9.59 Å². The first-order chi connectivity index (χ1) is 12.6. The first-order valence-corrected chi connectivity index (χ1v) is 8.88. The minimum Gasteiger partial charge on any atom is -0.367 e. The van der Waals surface area contributed by atoms with Crippen molar-refractivity contribution in [2.24, 2.45) is 0 Å². The van der Waals surface area contributed by atoms with Crippen molar-refractivity contribution >= 4 is 29.0 Å². The van der Waals surface area contributed by atoms with Crippen molar-refractivity contribution < 1.29 is 9.59 Å². The van der Waals surface area contributed by atoms with Crippen LogP contribution in [0.1, 0.15) is 49.5 Å². The molecule has 0 aliphatic heterocycles. The summed E-state index contributed by atoms with van der Waals surface area (Å²) in [6, 6.07) is 9.05. The largest absolute Gasteiger partial charge is 0.367 e. The molecule has 1 aromatic carbocycles. The average Bonchev–Trinajstić information content (AvgIpc) is 2.62. The zero-order chi connectivity index (χ0) is 18.4. The number of aromatic nitrogens is 2. The van der Waals surface area contributed by atoms with Crippen LogP contribution in [0.2, 0.25) is 0 Å². The molecule has 0 atom stereocenters. The highest BCUT2D eigenvalue weighted by Crippen LogP contribution is 2.21. The van der Waals surface area contributed by atoms with Gasteiger partial charge in [0.2, 0.25) is 5.91 Å². The fourth-order valence-electron chi connectivity index (χ4n) is 3.09. The summed E-state index contributed by atoms with van der Waals surface area (Å²) in [4.78, 5) is 31.9. The molecule has 1 saturated carbocycles. The second kappa shape index (κ2) is 8.42. The molecule has 136 valence electrons. The Morgan fingerprint density at radius 2 is 1.73 bits per heavy atom. The smallest absolute Gasteiger partial charge is 0.274 e. The minimum atomic E-state index is -0.320. The van der Waals surface area contributed by atoms with Gasteiger partial charge in [-0.1, -0.05) is 25.3 Å². The lowest BCUT2D eigenvalue weighted by Gasteiger charge is -2.23. The predicted octanol–water partition coefficient (Wildman–Crippen LogP) is 3.43. The number of carbonyl (C=O) groups excluding carboxylic acids is 2. The highest BCUT2D eigenvalue weighted by molar-refractivity contribution is 6.03. The van der Waals surface area contributed by atoms with E-state index in [4.69, 9.17) is 0 Å². The monoisotopic (exact) mass is 353 g/mol. The summed E-state index contributed by atoms with van der Waals surface area (Å²) in [7, 11) is 0. The lowest BCUT2D eigenvalue weighted by atomic mass is 9.95. The van der Waals surface area contributed by atoms with Gasteiger partial charge >= 0.3 is 0 Å². The Morgan fingerprint density at radius 1 is 1.00 bits per heavy atom. The van der Waals surface area contributed by atoms with E-state index in [1.54, 1.807) is 30.3 Å². The third kappa shape index (κ3) is 5.02. The highest BCUT2D eigenvalue weighted by Gasteiger charge is 2.15. The SMILES string of the molecule is CC(=O)Nc1cccc(NC(=O)c2cc(NC3CCCCC3)ncn2)c1. The second-order valence-corrected chi connectivity index (χ2v) is 6.48. The van der Waals surface area contributed by atoms with Crippen LogP contribution in [0.3, 0.4) is 0 Å². The molecule has 7 heteroatoms. The number of anilines is 3. The van der Waals surface area contributed by atoms with Crippen LogP contribution in [0.5, 0.6) is 0 Å². The van der Waals surface area contributed by atoms with Crippen LogP contribution in [0.25, 0.3) is 0 Å². The van der Waals surface area contributed by atoms with Gasteiger partial charge in [0.25, 0.3) is 5.91 Å². The number of carbonyl (C=O) groups is 2. The first-order valence-electron chi connectivity index (χ1n) is 8.88. The molecule has 2 amide bonds. The average molecular weight is 353 g/mol. The normalized spacial score (nSPS) is 14.5. The van der Waals surface area contributed by atoms with E-state index < -0.39 is 0 Å².